The Morgan fingerprint density at radius 1 is 1.39 bits per heavy atom. The minimum absolute atomic E-state index is 0.456. The van der Waals surface area contributed by atoms with Crippen LogP contribution < -0.4 is 5.32 Å². The van der Waals surface area contributed by atoms with Crippen molar-refractivity contribution < 1.29 is 0 Å². The van der Waals surface area contributed by atoms with E-state index < -0.39 is 0 Å². The van der Waals surface area contributed by atoms with Crippen LogP contribution >= 0.6 is 11.6 Å². The summed E-state index contributed by atoms with van der Waals surface area (Å²) in [6.07, 6.45) is 4.80. The lowest BCUT2D eigenvalue weighted by molar-refractivity contribution is 0.278. The van der Waals surface area contributed by atoms with Gasteiger partial charge < -0.3 is 9.88 Å². The molecule has 1 fully saturated rings. The minimum atomic E-state index is 0.456. The molecule has 3 rings (SSSR count). The number of halogens is 1. The van der Waals surface area contributed by atoms with Crippen molar-refractivity contribution in [3.8, 4) is 0 Å². The summed E-state index contributed by atoms with van der Waals surface area (Å²) in [6.45, 7) is 10.5. The maximum absolute atomic E-state index is 6.47. The van der Waals surface area contributed by atoms with Crippen LogP contribution in [0.4, 0.5) is 0 Å². The van der Waals surface area contributed by atoms with E-state index in [1.807, 2.05) is 12.1 Å². The van der Waals surface area contributed by atoms with Crippen molar-refractivity contribution in [1.29, 1.82) is 0 Å². The van der Waals surface area contributed by atoms with Crippen LogP contribution in [0.5, 0.6) is 0 Å². The van der Waals surface area contributed by atoms with Crippen LogP contribution in [0.3, 0.4) is 0 Å². The summed E-state index contributed by atoms with van der Waals surface area (Å²) in [5, 5.41) is 5.88. The van der Waals surface area contributed by atoms with Gasteiger partial charge in [-0.25, -0.2) is 0 Å². The molecule has 1 aromatic heterocycles. The molecule has 3 atom stereocenters. The second-order valence-corrected chi connectivity index (χ2v) is 8.57. The Balaban J connectivity index is 1.74. The molecule has 0 aliphatic heterocycles. The number of rotatable bonds is 4. The summed E-state index contributed by atoms with van der Waals surface area (Å²) in [5.74, 6) is 1.25. The van der Waals surface area contributed by atoms with Crippen LogP contribution in [0.15, 0.2) is 24.4 Å². The number of benzene rings is 1. The molecule has 1 heterocycles. The van der Waals surface area contributed by atoms with Crippen molar-refractivity contribution in [3.05, 3.63) is 35.0 Å². The highest BCUT2D eigenvalue weighted by molar-refractivity contribution is 6.35. The SMILES string of the molecule is CC(CN[C@H]1CC(C)C(C)(C)C1)c1cn(C)c2cccc(Cl)c12. The molecule has 126 valence electrons. The average molecular weight is 333 g/mol. The van der Waals surface area contributed by atoms with Gasteiger partial charge in [-0.15, -0.1) is 0 Å². The Kier molecular flexibility index (Phi) is 4.50. The van der Waals surface area contributed by atoms with Crippen LogP contribution in [-0.4, -0.2) is 17.2 Å². The third kappa shape index (κ3) is 3.16. The fourth-order valence-corrected chi connectivity index (χ4v) is 4.36. The monoisotopic (exact) mass is 332 g/mol. The highest BCUT2D eigenvalue weighted by atomic mass is 35.5. The van der Waals surface area contributed by atoms with Crippen LogP contribution in [0.1, 0.15) is 52.0 Å². The molecule has 1 N–H and O–H groups in total. The van der Waals surface area contributed by atoms with Crippen molar-refractivity contribution in [1.82, 2.24) is 9.88 Å². The quantitative estimate of drug-likeness (QED) is 0.798. The number of nitrogens with zero attached hydrogens (tertiary/aromatic N) is 1. The van der Waals surface area contributed by atoms with Gasteiger partial charge in [0.05, 0.1) is 5.02 Å². The minimum Gasteiger partial charge on any atom is -0.350 e. The van der Waals surface area contributed by atoms with E-state index in [-0.39, 0.29) is 0 Å². The van der Waals surface area contributed by atoms with Gasteiger partial charge in [-0.05, 0) is 47.8 Å². The Bertz CT molecular complexity index is 701. The van der Waals surface area contributed by atoms with Crippen molar-refractivity contribution in [2.24, 2.45) is 18.4 Å². The van der Waals surface area contributed by atoms with Crippen molar-refractivity contribution in [2.45, 2.75) is 52.5 Å². The number of aryl methyl sites for hydroxylation is 1. The van der Waals surface area contributed by atoms with Crippen LogP contribution in [0.25, 0.3) is 10.9 Å². The molecule has 1 saturated carbocycles. The maximum Gasteiger partial charge on any atom is 0.0502 e. The molecule has 0 bridgehead atoms. The molecule has 3 heteroatoms. The first-order valence-electron chi connectivity index (χ1n) is 8.76. The Labute approximate surface area is 145 Å². The van der Waals surface area contributed by atoms with Gasteiger partial charge in [0.1, 0.15) is 0 Å². The van der Waals surface area contributed by atoms with Crippen LogP contribution in [-0.2, 0) is 7.05 Å². The second-order valence-electron chi connectivity index (χ2n) is 8.16. The third-order valence-electron chi connectivity index (χ3n) is 5.98. The molecule has 0 radical (unpaired) electrons. The summed E-state index contributed by atoms with van der Waals surface area (Å²) in [5.41, 5.74) is 3.03. The van der Waals surface area contributed by atoms with Gasteiger partial charge >= 0.3 is 0 Å². The summed E-state index contributed by atoms with van der Waals surface area (Å²) in [4.78, 5) is 0. The molecule has 1 aliphatic carbocycles. The highest BCUT2D eigenvalue weighted by Gasteiger charge is 2.37. The van der Waals surface area contributed by atoms with E-state index in [1.54, 1.807) is 0 Å². The molecule has 0 spiro atoms. The number of hydrogen-bond acceptors (Lipinski definition) is 1. The van der Waals surface area contributed by atoms with Crippen molar-refractivity contribution in [2.75, 3.05) is 6.54 Å². The zero-order valence-corrected chi connectivity index (χ0v) is 15.7. The molecule has 2 nitrogen and oxygen atoms in total. The number of aromatic nitrogens is 1. The second kappa shape index (κ2) is 6.14. The van der Waals surface area contributed by atoms with Gasteiger partial charge in [-0.2, -0.15) is 0 Å². The van der Waals surface area contributed by atoms with E-state index in [4.69, 9.17) is 11.6 Å². The topological polar surface area (TPSA) is 17.0 Å². The smallest absolute Gasteiger partial charge is 0.0502 e. The van der Waals surface area contributed by atoms with Gasteiger partial charge in [0.15, 0.2) is 0 Å². The van der Waals surface area contributed by atoms with Crippen LogP contribution in [0.2, 0.25) is 5.02 Å². The van der Waals surface area contributed by atoms with Crippen LogP contribution in [0, 0.1) is 11.3 Å². The molecule has 0 amide bonds. The standard InChI is InChI=1S/C20H29ClN2/c1-13(11-22-15-9-14(2)20(3,4)10-15)16-12-23(5)18-8-6-7-17(21)19(16)18/h6-8,12-15,22H,9-11H2,1-5H3/t13?,14?,15-/m0/s1. The van der Waals surface area contributed by atoms with E-state index in [0.717, 1.165) is 17.5 Å². The molecule has 23 heavy (non-hydrogen) atoms. The first-order chi connectivity index (χ1) is 10.8. The van der Waals surface area contributed by atoms with E-state index in [9.17, 15) is 0 Å². The predicted molar refractivity (Wildman–Crippen MR) is 100 cm³/mol. The van der Waals surface area contributed by atoms with Gasteiger partial charge in [0.2, 0.25) is 0 Å². The molecule has 2 aromatic rings. The Morgan fingerprint density at radius 3 is 2.78 bits per heavy atom. The summed E-state index contributed by atoms with van der Waals surface area (Å²) in [6, 6.07) is 6.81. The van der Waals surface area contributed by atoms with Gasteiger partial charge in [-0.3, -0.25) is 0 Å². The molecule has 0 saturated heterocycles. The Morgan fingerprint density at radius 2 is 2.13 bits per heavy atom. The van der Waals surface area contributed by atoms with Crippen molar-refractivity contribution in [3.63, 3.8) is 0 Å². The molecule has 1 aliphatic rings. The van der Waals surface area contributed by atoms with E-state index >= 15 is 0 Å². The van der Waals surface area contributed by atoms with E-state index in [1.165, 1.54) is 29.3 Å². The summed E-state index contributed by atoms with van der Waals surface area (Å²) < 4.78 is 2.19. The summed E-state index contributed by atoms with van der Waals surface area (Å²) in [7, 11) is 2.10. The predicted octanol–water partition coefficient (Wildman–Crippen LogP) is 5.35. The third-order valence-corrected chi connectivity index (χ3v) is 6.30. The zero-order valence-electron chi connectivity index (χ0n) is 15.0. The van der Waals surface area contributed by atoms with Gasteiger partial charge in [0, 0.05) is 36.7 Å². The largest absolute Gasteiger partial charge is 0.350 e. The average Bonchev–Trinajstić information content (AvgIpc) is 2.95. The molecule has 1 aromatic carbocycles. The maximum atomic E-state index is 6.47. The van der Waals surface area contributed by atoms with Gasteiger partial charge in [-0.1, -0.05) is 45.4 Å². The molecular weight excluding hydrogens is 304 g/mol. The van der Waals surface area contributed by atoms with Gasteiger partial charge in [0.25, 0.3) is 0 Å². The summed E-state index contributed by atoms with van der Waals surface area (Å²) >= 11 is 6.47. The zero-order chi connectivity index (χ0) is 16.8. The van der Waals surface area contributed by atoms with E-state index in [0.29, 0.717) is 17.4 Å². The first kappa shape index (κ1) is 16.9. The first-order valence-corrected chi connectivity index (χ1v) is 9.14. The molecule has 2 unspecified atom stereocenters. The number of fused-ring (bicyclic) bond motifs is 1. The fraction of sp³-hybridized carbons (Fsp3) is 0.600. The number of hydrogen-bond donors (Lipinski definition) is 1. The molecular formula is C20H29ClN2. The Hall–Kier alpha value is -0.990. The van der Waals surface area contributed by atoms with Crippen molar-refractivity contribution >= 4 is 22.5 Å². The fourth-order valence-electron chi connectivity index (χ4n) is 4.08. The number of nitrogens with one attached hydrogen (secondary N) is 1. The van der Waals surface area contributed by atoms with E-state index in [2.05, 4.69) is 56.9 Å². The lowest BCUT2D eigenvalue weighted by Crippen LogP contribution is -2.30. The normalized spacial score (nSPS) is 25.1. The lowest BCUT2D eigenvalue weighted by atomic mass is 9.83. The highest BCUT2D eigenvalue weighted by Crippen LogP contribution is 2.42. The lowest BCUT2D eigenvalue weighted by Gasteiger charge is -2.23.